The van der Waals surface area contributed by atoms with Crippen LogP contribution >= 0.6 is 0 Å². The molecule has 3 aromatic carbocycles. The number of ether oxygens (including phenoxy) is 9. The summed E-state index contributed by atoms with van der Waals surface area (Å²) in [5, 5.41) is 22.9. The van der Waals surface area contributed by atoms with Crippen molar-refractivity contribution in [2.24, 2.45) is 46.3 Å². The van der Waals surface area contributed by atoms with Gasteiger partial charge in [0, 0.05) is 12.3 Å². The van der Waals surface area contributed by atoms with Crippen LogP contribution in [0.4, 0.5) is 0 Å². The van der Waals surface area contributed by atoms with Crippen LogP contribution in [0.2, 0.25) is 0 Å². The molecule has 4 aliphatic heterocycles. The van der Waals surface area contributed by atoms with E-state index in [0.29, 0.717) is 41.9 Å². The summed E-state index contributed by atoms with van der Waals surface area (Å²) in [5.74, 6) is 0.404. The third kappa shape index (κ3) is 9.29. The van der Waals surface area contributed by atoms with Crippen molar-refractivity contribution in [1.82, 2.24) is 0 Å². The monoisotopic (exact) mass is 1000 g/mol. The van der Waals surface area contributed by atoms with Crippen LogP contribution in [0.25, 0.3) is 0 Å². The second kappa shape index (κ2) is 20.2. The Kier molecular flexibility index (Phi) is 14.0. The second-order valence-electron chi connectivity index (χ2n) is 23.1. The summed E-state index contributed by atoms with van der Waals surface area (Å²) in [6.45, 7) is 11.9. The molecule has 8 aliphatic rings. The van der Waals surface area contributed by atoms with Gasteiger partial charge in [-0.3, -0.25) is 0 Å². The minimum Gasteiger partial charge on any atom is -0.452 e. The Labute approximate surface area is 428 Å². The molecular formula is C59H72O14. The summed E-state index contributed by atoms with van der Waals surface area (Å²) in [5.41, 5.74) is 2.23. The van der Waals surface area contributed by atoms with Gasteiger partial charge in [0.25, 0.3) is 0 Å². The number of esters is 3. The second-order valence-corrected chi connectivity index (χ2v) is 23.1. The molecule has 14 nitrogen and oxygen atoms in total. The zero-order chi connectivity index (χ0) is 50.8. The Bertz CT molecular complexity index is 2480. The molecule has 11 rings (SSSR count). The predicted molar refractivity (Wildman–Crippen MR) is 264 cm³/mol. The summed E-state index contributed by atoms with van der Waals surface area (Å²) in [6, 6.07) is 24.8. The number of benzene rings is 3. The van der Waals surface area contributed by atoms with Crippen LogP contribution in [0.3, 0.4) is 0 Å². The van der Waals surface area contributed by atoms with Crippen molar-refractivity contribution in [2.75, 3.05) is 13.2 Å². The molecule has 4 saturated heterocycles. The van der Waals surface area contributed by atoms with Crippen LogP contribution in [0, 0.1) is 46.3 Å². The van der Waals surface area contributed by atoms with Gasteiger partial charge in [0.05, 0.1) is 48.2 Å². The number of fused-ring (bicyclic) bond motifs is 7. The molecule has 7 fully saturated rings. The molecule has 4 heterocycles. The van der Waals surface area contributed by atoms with Crippen LogP contribution in [0.1, 0.15) is 123 Å². The highest BCUT2D eigenvalue weighted by Gasteiger charge is 2.69. The van der Waals surface area contributed by atoms with Crippen LogP contribution in [-0.2, 0) is 42.6 Å². The molecule has 4 aliphatic carbocycles. The predicted octanol–water partition coefficient (Wildman–Crippen LogP) is 8.62. The van der Waals surface area contributed by atoms with Crippen molar-refractivity contribution >= 4 is 17.9 Å². The average molecular weight is 1010 g/mol. The summed E-state index contributed by atoms with van der Waals surface area (Å²) >= 11 is 0. The highest BCUT2D eigenvalue weighted by Crippen LogP contribution is 2.70. The van der Waals surface area contributed by atoms with E-state index in [1.807, 2.05) is 0 Å². The van der Waals surface area contributed by atoms with Gasteiger partial charge in [0.1, 0.15) is 18.3 Å². The van der Waals surface area contributed by atoms with E-state index in [9.17, 15) is 24.6 Å². The number of hydrogen-bond acceptors (Lipinski definition) is 14. The highest BCUT2D eigenvalue weighted by atomic mass is 16.8. The van der Waals surface area contributed by atoms with E-state index in [2.05, 4.69) is 33.8 Å². The molecule has 73 heavy (non-hydrogen) atoms. The van der Waals surface area contributed by atoms with Crippen molar-refractivity contribution in [3.8, 4) is 0 Å². The molecular weight excluding hydrogens is 933 g/mol. The Morgan fingerprint density at radius 1 is 0.658 bits per heavy atom. The Balaban J connectivity index is 0.830. The van der Waals surface area contributed by atoms with Crippen molar-refractivity contribution in [3.05, 3.63) is 119 Å². The highest BCUT2D eigenvalue weighted by molar-refractivity contribution is 5.91. The van der Waals surface area contributed by atoms with E-state index < -0.39 is 79.0 Å². The van der Waals surface area contributed by atoms with Crippen LogP contribution in [-0.4, -0.2) is 115 Å². The van der Waals surface area contributed by atoms with Gasteiger partial charge in [0.2, 0.25) is 0 Å². The molecule has 0 bridgehead atoms. The number of aliphatic hydroxyl groups is 2. The first-order valence-corrected chi connectivity index (χ1v) is 26.9. The van der Waals surface area contributed by atoms with E-state index >= 15 is 0 Å². The quantitative estimate of drug-likeness (QED) is 0.112. The third-order valence-electron chi connectivity index (χ3n) is 18.9. The Morgan fingerprint density at radius 2 is 1.27 bits per heavy atom. The normalized spacial score (nSPS) is 42.8. The first-order valence-electron chi connectivity index (χ1n) is 26.9. The number of hydrogen-bond donors (Lipinski definition) is 2. The minimum absolute atomic E-state index is 0.00574. The molecule has 0 unspecified atom stereocenters. The Morgan fingerprint density at radius 3 is 1.89 bits per heavy atom. The number of carbonyl (C=O) groups is 3. The van der Waals surface area contributed by atoms with Crippen molar-refractivity contribution in [1.29, 1.82) is 0 Å². The van der Waals surface area contributed by atoms with Crippen molar-refractivity contribution < 1.29 is 67.2 Å². The third-order valence-corrected chi connectivity index (χ3v) is 18.9. The van der Waals surface area contributed by atoms with E-state index in [1.54, 1.807) is 97.9 Å². The summed E-state index contributed by atoms with van der Waals surface area (Å²) in [7, 11) is 0. The first kappa shape index (κ1) is 50.6. The van der Waals surface area contributed by atoms with Gasteiger partial charge in [-0.05, 0) is 135 Å². The van der Waals surface area contributed by atoms with Crippen molar-refractivity contribution in [2.45, 2.75) is 166 Å². The largest absolute Gasteiger partial charge is 0.452 e. The zero-order valence-corrected chi connectivity index (χ0v) is 42.6. The molecule has 0 amide bonds. The average Bonchev–Trinajstić information content (AvgIpc) is 3.85. The molecule has 0 radical (unpaired) electrons. The van der Waals surface area contributed by atoms with Gasteiger partial charge in [-0.25, -0.2) is 14.4 Å². The molecule has 1 spiro atoms. The lowest BCUT2D eigenvalue weighted by Crippen LogP contribution is -2.64. The summed E-state index contributed by atoms with van der Waals surface area (Å²) in [6.07, 6.45) is -1.00. The maximum absolute atomic E-state index is 14.0. The lowest BCUT2D eigenvalue weighted by molar-refractivity contribution is -0.356. The van der Waals surface area contributed by atoms with Gasteiger partial charge in [-0.2, -0.15) is 0 Å². The zero-order valence-electron chi connectivity index (χ0n) is 42.6. The van der Waals surface area contributed by atoms with Crippen molar-refractivity contribution in [3.63, 3.8) is 0 Å². The van der Waals surface area contributed by atoms with Gasteiger partial charge >= 0.3 is 17.9 Å². The molecule has 2 N–H and O–H groups in total. The van der Waals surface area contributed by atoms with Gasteiger partial charge in [-0.1, -0.05) is 93.9 Å². The fourth-order valence-electron chi connectivity index (χ4n) is 14.9. The van der Waals surface area contributed by atoms with E-state index in [0.717, 1.165) is 45.1 Å². The molecule has 3 saturated carbocycles. The SMILES string of the molecule is C[C@@H]1CC[C@@]2(OC1)O[C@H]1C[C@H]3[C@@H]4CC=C5C[C@@H](O[C@@H]6OC[C@H](O)[C@H](O)[C@H]6O[C@@H]6O[C@@H](C)[C@H](OC(=O)c7ccccc7)[C@@H](OC(=O)c7ccccc7)[C@H]6OC(=O)c6ccccc6)CC[C@]5(C)[C@H]4CC[C@]3(C)[C@H]1[C@@H]2C. The number of rotatable bonds is 10. The van der Waals surface area contributed by atoms with Gasteiger partial charge in [0.15, 0.2) is 36.7 Å². The van der Waals surface area contributed by atoms with Crippen LogP contribution < -0.4 is 0 Å². The smallest absolute Gasteiger partial charge is 0.338 e. The number of carbonyl (C=O) groups excluding carboxylic acids is 3. The maximum atomic E-state index is 14.0. The fraction of sp³-hybridized carbons (Fsp3) is 0.610. The fourth-order valence-corrected chi connectivity index (χ4v) is 14.9. The summed E-state index contributed by atoms with van der Waals surface area (Å²) < 4.78 is 58.2. The lowest BCUT2D eigenvalue weighted by Gasteiger charge is -2.58. The maximum Gasteiger partial charge on any atom is 0.338 e. The van der Waals surface area contributed by atoms with Crippen LogP contribution in [0.5, 0.6) is 0 Å². The van der Waals surface area contributed by atoms with Crippen LogP contribution in [0.15, 0.2) is 103 Å². The molecule has 14 heteroatoms. The Hall–Kier alpha value is -4.51. The number of aliphatic hydroxyl groups excluding tert-OH is 2. The standard InChI is InChI=1S/C59H72O14/c1-33-23-28-59(66-31-33)34(2)46-45(73-59)30-43-41-22-21-39-29-40(24-26-57(39,4)42(41)25-27-58(43,46)5)68-55-49(47(61)44(60)32-65-55)72-56-51(71-54(64)38-19-13-8-14-20-38)50(70-53(63)37-17-11-7-12-18-37)48(35(3)67-56)69-52(62)36-15-9-6-10-16-36/h6-21,33-35,40-51,55-56,60-61H,22-32H2,1-5H3/t33-,34+,35+,40+,41-,42+,43+,44+,45+,46+,47+,48+,49-,50-,51-,55+,56+,57+,58+,59-/m1/s1. The molecule has 0 aromatic heterocycles. The molecule has 20 atom stereocenters. The minimum atomic E-state index is -1.58. The van der Waals surface area contributed by atoms with E-state index in [1.165, 1.54) is 18.4 Å². The van der Waals surface area contributed by atoms with Gasteiger partial charge in [-0.15, -0.1) is 0 Å². The number of allylic oxidation sites excluding steroid dienone is 1. The van der Waals surface area contributed by atoms with E-state index in [-0.39, 0.29) is 46.3 Å². The summed E-state index contributed by atoms with van der Waals surface area (Å²) in [4.78, 5) is 41.7. The first-order chi connectivity index (χ1) is 35.2. The van der Waals surface area contributed by atoms with E-state index in [4.69, 9.17) is 42.6 Å². The molecule has 3 aromatic rings. The van der Waals surface area contributed by atoms with Gasteiger partial charge < -0.3 is 52.8 Å². The topological polar surface area (TPSA) is 175 Å². The lowest BCUT2D eigenvalue weighted by atomic mass is 9.47. The molecule has 392 valence electrons.